The van der Waals surface area contributed by atoms with Crippen molar-refractivity contribution in [1.82, 2.24) is 14.5 Å². The smallest absolute Gasteiger partial charge is 0.298 e. The third-order valence-electron chi connectivity index (χ3n) is 2.60. The van der Waals surface area contributed by atoms with Crippen molar-refractivity contribution in [3.8, 4) is 11.8 Å². The molecule has 0 aliphatic heterocycles. The molecular formula is C12H15N3O. The average Bonchev–Trinajstić information content (AvgIpc) is 3.01. The van der Waals surface area contributed by atoms with Crippen LogP contribution in [0.3, 0.4) is 0 Å². The van der Waals surface area contributed by atoms with Gasteiger partial charge in [-0.3, -0.25) is 4.79 Å². The molecule has 1 saturated carbocycles. The Balaban J connectivity index is 1.96. The minimum absolute atomic E-state index is 0.163. The molecule has 0 saturated heterocycles. The molecule has 1 aromatic rings. The molecule has 0 radical (unpaired) electrons. The van der Waals surface area contributed by atoms with Crippen LogP contribution in [0.5, 0.6) is 0 Å². The normalized spacial score (nSPS) is 14.1. The summed E-state index contributed by atoms with van der Waals surface area (Å²) in [5.41, 5.74) is 0.917. The SMILES string of the molecule is CC#CC(=O)N(C)Cc1cn(C2CC2)cn1. The van der Waals surface area contributed by atoms with Crippen molar-refractivity contribution in [3.05, 3.63) is 18.2 Å². The van der Waals surface area contributed by atoms with Crippen molar-refractivity contribution in [2.24, 2.45) is 0 Å². The first-order chi connectivity index (χ1) is 7.70. The Kier molecular flexibility index (Phi) is 2.95. The number of imidazole rings is 1. The van der Waals surface area contributed by atoms with E-state index in [0.717, 1.165) is 5.69 Å². The van der Waals surface area contributed by atoms with Gasteiger partial charge in [-0.2, -0.15) is 0 Å². The van der Waals surface area contributed by atoms with Gasteiger partial charge >= 0.3 is 0 Å². The van der Waals surface area contributed by atoms with Crippen LogP contribution >= 0.6 is 0 Å². The van der Waals surface area contributed by atoms with Gasteiger partial charge in [-0.15, -0.1) is 0 Å². The van der Waals surface area contributed by atoms with E-state index in [-0.39, 0.29) is 5.91 Å². The molecule has 4 heteroatoms. The topological polar surface area (TPSA) is 38.1 Å². The second kappa shape index (κ2) is 4.40. The van der Waals surface area contributed by atoms with Gasteiger partial charge in [0.05, 0.1) is 18.6 Å². The van der Waals surface area contributed by atoms with Gasteiger partial charge in [0.15, 0.2) is 0 Å². The quantitative estimate of drug-likeness (QED) is 0.713. The summed E-state index contributed by atoms with van der Waals surface area (Å²) < 4.78 is 2.12. The minimum atomic E-state index is -0.163. The first kappa shape index (κ1) is 10.7. The molecule has 1 aliphatic carbocycles. The zero-order valence-corrected chi connectivity index (χ0v) is 9.60. The lowest BCUT2D eigenvalue weighted by Crippen LogP contribution is -2.24. The number of carbonyl (C=O) groups excluding carboxylic acids is 1. The van der Waals surface area contributed by atoms with E-state index in [0.29, 0.717) is 12.6 Å². The first-order valence-corrected chi connectivity index (χ1v) is 5.41. The maximum absolute atomic E-state index is 11.4. The Morgan fingerprint density at radius 1 is 1.69 bits per heavy atom. The highest BCUT2D eigenvalue weighted by Crippen LogP contribution is 2.34. The minimum Gasteiger partial charge on any atom is -0.334 e. The van der Waals surface area contributed by atoms with Crippen molar-refractivity contribution in [2.45, 2.75) is 32.4 Å². The molecule has 0 unspecified atom stereocenters. The maximum atomic E-state index is 11.4. The lowest BCUT2D eigenvalue weighted by atomic mass is 10.4. The van der Waals surface area contributed by atoms with E-state index in [4.69, 9.17) is 0 Å². The van der Waals surface area contributed by atoms with Crippen LogP contribution in [-0.2, 0) is 11.3 Å². The van der Waals surface area contributed by atoms with E-state index in [9.17, 15) is 4.79 Å². The molecule has 1 heterocycles. The van der Waals surface area contributed by atoms with Gasteiger partial charge < -0.3 is 9.47 Å². The van der Waals surface area contributed by atoms with Crippen LogP contribution < -0.4 is 0 Å². The monoisotopic (exact) mass is 217 g/mol. The van der Waals surface area contributed by atoms with E-state index < -0.39 is 0 Å². The van der Waals surface area contributed by atoms with Gasteiger partial charge in [0.2, 0.25) is 0 Å². The van der Waals surface area contributed by atoms with Crippen LogP contribution in [0.25, 0.3) is 0 Å². The molecule has 1 amide bonds. The Bertz CT molecular complexity index is 448. The largest absolute Gasteiger partial charge is 0.334 e. The third-order valence-corrected chi connectivity index (χ3v) is 2.60. The number of rotatable bonds is 3. The molecule has 4 nitrogen and oxygen atoms in total. The third kappa shape index (κ3) is 2.43. The van der Waals surface area contributed by atoms with Crippen molar-refractivity contribution >= 4 is 5.91 Å². The van der Waals surface area contributed by atoms with Crippen molar-refractivity contribution in [3.63, 3.8) is 0 Å². The summed E-state index contributed by atoms with van der Waals surface area (Å²) in [7, 11) is 1.74. The lowest BCUT2D eigenvalue weighted by Gasteiger charge is -2.11. The van der Waals surface area contributed by atoms with Crippen LogP contribution in [0.1, 0.15) is 31.5 Å². The molecule has 1 fully saturated rings. The Hall–Kier alpha value is -1.76. The van der Waals surface area contributed by atoms with Gasteiger partial charge in [-0.1, -0.05) is 5.92 Å². The van der Waals surface area contributed by atoms with E-state index in [2.05, 4.69) is 21.4 Å². The maximum Gasteiger partial charge on any atom is 0.298 e. The Labute approximate surface area is 95.3 Å². The van der Waals surface area contributed by atoms with Crippen LogP contribution in [0.15, 0.2) is 12.5 Å². The second-order valence-electron chi connectivity index (χ2n) is 4.08. The highest BCUT2D eigenvalue weighted by atomic mass is 16.2. The summed E-state index contributed by atoms with van der Waals surface area (Å²) in [6.07, 6.45) is 6.34. The summed E-state index contributed by atoms with van der Waals surface area (Å²) in [5, 5.41) is 0. The van der Waals surface area contributed by atoms with Crippen LogP contribution in [0, 0.1) is 11.8 Å². The Morgan fingerprint density at radius 2 is 2.44 bits per heavy atom. The standard InChI is InChI=1S/C12H15N3O/c1-3-4-12(16)14(2)7-10-8-15(9-13-10)11-5-6-11/h8-9,11H,5-7H2,1-2H3. The number of nitrogens with zero attached hydrogens (tertiary/aromatic N) is 3. The van der Waals surface area contributed by atoms with Gasteiger partial charge in [0.1, 0.15) is 0 Å². The van der Waals surface area contributed by atoms with Gasteiger partial charge in [-0.25, -0.2) is 4.98 Å². The van der Waals surface area contributed by atoms with E-state index in [1.165, 1.54) is 12.8 Å². The molecule has 0 aromatic carbocycles. The van der Waals surface area contributed by atoms with Gasteiger partial charge in [0, 0.05) is 19.3 Å². The summed E-state index contributed by atoms with van der Waals surface area (Å²) in [4.78, 5) is 17.3. The fraction of sp³-hybridized carbons (Fsp3) is 0.500. The summed E-state index contributed by atoms with van der Waals surface area (Å²) in [6.45, 7) is 2.18. The first-order valence-electron chi connectivity index (χ1n) is 5.41. The molecule has 2 rings (SSSR count). The number of hydrogen-bond donors (Lipinski definition) is 0. The zero-order chi connectivity index (χ0) is 11.5. The summed E-state index contributed by atoms with van der Waals surface area (Å²) >= 11 is 0. The van der Waals surface area contributed by atoms with Crippen molar-refractivity contribution in [2.75, 3.05) is 7.05 Å². The lowest BCUT2D eigenvalue weighted by molar-refractivity contribution is -0.124. The molecule has 1 aromatic heterocycles. The number of hydrogen-bond acceptors (Lipinski definition) is 2. The Morgan fingerprint density at radius 3 is 3.06 bits per heavy atom. The summed E-state index contributed by atoms with van der Waals surface area (Å²) in [6, 6.07) is 0.637. The number of amides is 1. The molecule has 1 aliphatic rings. The average molecular weight is 217 g/mol. The summed E-state index contributed by atoms with van der Waals surface area (Å²) in [5.74, 6) is 4.95. The number of carbonyl (C=O) groups is 1. The van der Waals surface area contributed by atoms with Gasteiger partial charge in [0.25, 0.3) is 5.91 Å². The predicted molar refractivity (Wildman–Crippen MR) is 60.4 cm³/mol. The van der Waals surface area contributed by atoms with E-state index in [1.54, 1.807) is 18.9 Å². The van der Waals surface area contributed by atoms with Crippen molar-refractivity contribution < 1.29 is 4.79 Å². The molecule has 16 heavy (non-hydrogen) atoms. The van der Waals surface area contributed by atoms with Crippen LogP contribution in [0.2, 0.25) is 0 Å². The van der Waals surface area contributed by atoms with Crippen LogP contribution in [-0.4, -0.2) is 27.4 Å². The molecular weight excluding hydrogens is 202 g/mol. The zero-order valence-electron chi connectivity index (χ0n) is 9.60. The van der Waals surface area contributed by atoms with Gasteiger partial charge in [-0.05, 0) is 25.7 Å². The fourth-order valence-electron chi connectivity index (χ4n) is 1.55. The molecule has 0 spiro atoms. The van der Waals surface area contributed by atoms with Crippen LogP contribution in [0.4, 0.5) is 0 Å². The van der Waals surface area contributed by atoms with E-state index >= 15 is 0 Å². The molecule has 0 N–H and O–H groups in total. The second-order valence-corrected chi connectivity index (χ2v) is 4.08. The molecule has 0 atom stereocenters. The van der Waals surface area contributed by atoms with E-state index in [1.807, 2.05) is 12.5 Å². The van der Waals surface area contributed by atoms with Crippen molar-refractivity contribution in [1.29, 1.82) is 0 Å². The molecule has 84 valence electrons. The predicted octanol–water partition coefficient (Wildman–Crippen LogP) is 1.20. The highest BCUT2D eigenvalue weighted by Gasteiger charge is 2.23. The molecule has 0 bridgehead atoms. The fourth-order valence-corrected chi connectivity index (χ4v) is 1.55. The highest BCUT2D eigenvalue weighted by molar-refractivity contribution is 5.93. The number of aromatic nitrogens is 2.